The Kier molecular flexibility index (Phi) is 10.8. The molecule has 10 heteroatoms. The quantitative estimate of drug-likeness (QED) is 0.300. The number of pyridine rings is 1. The molecular formula is C33H47N5O5. The van der Waals surface area contributed by atoms with Crippen molar-refractivity contribution in [3.05, 3.63) is 60.2 Å². The lowest BCUT2D eigenvalue weighted by atomic mass is 9.87. The molecule has 2 amide bonds. The molecule has 10 nitrogen and oxygen atoms in total. The second-order valence-corrected chi connectivity index (χ2v) is 12.9. The van der Waals surface area contributed by atoms with Crippen LogP contribution in [0.3, 0.4) is 0 Å². The molecule has 1 N–H and O–H groups in total. The molecule has 1 saturated heterocycles. The van der Waals surface area contributed by atoms with Crippen LogP contribution in [0.1, 0.15) is 76.3 Å². The van der Waals surface area contributed by atoms with Crippen LogP contribution in [0.5, 0.6) is 0 Å². The third kappa shape index (κ3) is 8.32. The SMILES string of the molecule is COCCCCn1c(C(=O)N(CC(C)C)[C@H]2C[C@@H](C(O)c3ccccn3)CN(C(=O)OC(C)(C)C)C2)nc2ccccc21. The van der Waals surface area contributed by atoms with E-state index in [4.69, 9.17) is 14.5 Å². The maximum atomic E-state index is 14.5. The van der Waals surface area contributed by atoms with Gasteiger partial charge in [0.1, 0.15) is 11.7 Å². The maximum Gasteiger partial charge on any atom is 0.410 e. The number of fused-ring (bicyclic) bond motifs is 1. The number of carbonyl (C=O) groups is 2. The highest BCUT2D eigenvalue weighted by atomic mass is 16.6. The largest absolute Gasteiger partial charge is 0.444 e. The van der Waals surface area contributed by atoms with Crippen LogP contribution >= 0.6 is 0 Å². The Morgan fingerprint density at radius 2 is 1.84 bits per heavy atom. The standard InChI is InChI=1S/C33H47N5O5/c1-23(2)20-38(31(40)30-35-26-13-7-8-15-28(26)37(30)17-11-12-18-42-6)25-19-24(29(39)27-14-9-10-16-34-27)21-36(22-25)32(41)43-33(3,4)5/h7-10,13-16,23-25,29,39H,11-12,17-22H2,1-6H3/t24-,25+,29?/m1/s1. The van der Waals surface area contributed by atoms with Crippen molar-refractivity contribution in [2.24, 2.45) is 11.8 Å². The summed E-state index contributed by atoms with van der Waals surface area (Å²) in [6.07, 6.45) is 2.49. The first-order valence-electron chi connectivity index (χ1n) is 15.3. The first-order chi connectivity index (χ1) is 20.5. The maximum absolute atomic E-state index is 14.5. The molecule has 234 valence electrons. The van der Waals surface area contributed by atoms with Gasteiger partial charge in [0.2, 0.25) is 0 Å². The van der Waals surface area contributed by atoms with Gasteiger partial charge in [-0.2, -0.15) is 0 Å². The predicted octanol–water partition coefficient (Wildman–Crippen LogP) is 5.32. The summed E-state index contributed by atoms with van der Waals surface area (Å²) in [6.45, 7) is 12.0. The molecule has 1 aromatic carbocycles. The number of imidazole rings is 1. The lowest BCUT2D eigenvalue weighted by Crippen LogP contribution is -2.56. The predicted molar refractivity (Wildman–Crippen MR) is 166 cm³/mol. The third-order valence-corrected chi connectivity index (χ3v) is 7.64. The van der Waals surface area contributed by atoms with Crippen molar-refractivity contribution >= 4 is 23.0 Å². The number of carbonyl (C=O) groups excluding carboxylic acids is 2. The van der Waals surface area contributed by atoms with Gasteiger partial charge in [-0.3, -0.25) is 9.78 Å². The summed E-state index contributed by atoms with van der Waals surface area (Å²) >= 11 is 0. The minimum atomic E-state index is -0.907. The molecule has 0 saturated carbocycles. The number of benzene rings is 1. The van der Waals surface area contributed by atoms with Gasteiger partial charge in [-0.05, 0) is 70.2 Å². The van der Waals surface area contributed by atoms with E-state index in [-0.39, 0.29) is 23.8 Å². The molecule has 0 spiro atoms. The van der Waals surface area contributed by atoms with E-state index in [1.54, 1.807) is 30.3 Å². The monoisotopic (exact) mass is 593 g/mol. The number of aryl methyl sites for hydroxylation is 1. The molecule has 0 aliphatic carbocycles. The van der Waals surface area contributed by atoms with Gasteiger partial charge in [0.05, 0.1) is 22.8 Å². The van der Waals surface area contributed by atoms with Gasteiger partial charge in [0.15, 0.2) is 5.82 Å². The van der Waals surface area contributed by atoms with Crippen LogP contribution in [-0.4, -0.2) is 86.4 Å². The summed E-state index contributed by atoms with van der Waals surface area (Å²) < 4.78 is 13.0. The first-order valence-corrected chi connectivity index (χ1v) is 15.3. The number of rotatable bonds is 11. The summed E-state index contributed by atoms with van der Waals surface area (Å²) in [6, 6.07) is 12.9. The Morgan fingerprint density at radius 3 is 2.51 bits per heavy atom. The average Bonchev–Trinajstić information content (AvgIpc) is 3.35. The van der Waals surface area contributed by atoms with Crippen LogP contribution in [0.4, 0.5) is 4.79 Å². The van der Waals surface area contributed by atoms with E-state index >= 15 is 0 Å². The van der Waals surface area contributed by atoms with Crippen molar-refractivity contribution in [3.63, 3.8) is 0 Å². The highest BCUT2D eigenvalue weighted by Crippen LogP contribution is 2.33. The van der Waals surface area contributed by atoms with Crippen molar-refractivity contribution in [1.82, 2.24) is 24.3 Å². The highest BCUT2D eigenvalue weighted by molar-refractivity contribution is 5.95. The molecule has 43 heavy (non-hydrogen) atoms. The summed E-state index contributed by atoms with van der Waals surface area (Å²) in [5.41, 5.74) is 1.54. The number of likely N-dealkylation sites (tertiary alicyclic amines) is 1. The third-order valence-electron chi connectivity index (χ3n) is 7.64. The average molecular weight is 594 g/mol. The first kappa shape index (κ1) is 32.4. The molecule has 3 heterocycles. The van der Waals surface area contributed by atoms with Gasteiger partial charge in [-0.1, -0.05) is 32.0 Å². The van der Waals surface area contributed by atoms with Crippen LogP contribution in [0.15, 0.2) is 48.7 Å². The van der Waals surface area contributed by atoms with Crippen LogP contribution in [0.25, 0.3) is 11.0 Å². The van der Waals surface area contributed by atoms with E-state index in [2.05, 4.69) is 18.8 Å². The fourth-order valence-electron chi connectivity index (χ4n) is 5.73. The fraction of sp³-hybridized carbons (Fsp3) is 0.576. The molecular weight excluding hydrogens is 546 g/mol. The Balaban J connectivity index is 1.70. The molecule has 0 bridgehead atoms. The number of hydrogen-bond donors (Lipinski definition) is 1. The van der Waals surface area contributed by atoms with Crippen LogP contribution in [0.2, 0.25) is 0 Å². The number of aromatic nitrogens is 3. The molecule has 1 unspecified atom stereocenters. The molecule has 0 radical (unpaired) electrons. The molecule has 3 atom stereocenters. The van der Waals surface area contributed by atoms with E-state index in [9.17, 15) is 14.7 Å². The molecule has 2 aromatic heterocycles. The Morgan fingerprint density at radius 1 is 1.09 bits per heavy atom. The van der Waals surface area contributed by atoms with E-state index < -0.39 is 17.8 Å². The van der Waals surface area contributed by atoms with Crippen molar-refractivity contribution < 1.29 is 24.2 Å². The molecule has 4 rings (SSSR count). The number of methoxy groups -OCH3 is 1. The molecule has 1 aliphatic heterocycles. The number of para-hydroxylation sites is 2. The molecule has 1 aliphatic rings. The van der Waals surface area contributed by atoms with E-state index in [0.29, 0.717) is 50.7 Å². The number of piperidine rings is 1. The number of aliphatic hydroxyl groups is 1. The van der Waals surface area contributed by atoms with Gasteiger partial charge < -0.3 is 28.9 Å². The summed E-state index contributed by atoms with van der Waals surface area (Å²) in [7, 11) is 1.69. The smallest absolute Gasteiger partial charge is 0.410 e. The zero-order valence-corrected chi connectivity index (χ0v) is 26.4. The lowest BCUT2D eigenvalue weighted by molar-refractivity contribution is -0.0194. The van der Waals surface area contributed by atoms with E-state index in [1.807, 2.05) is 60.6 Å². The van der Waals surface area contributed by atoms with E-state index in [1.165, 1.54) is 0 Å². The van der Waals surface area contributed by atoms with Crippen LogP contribution < -0.4 is 0 Å². The number of hydrogen-bond acceptors (Lipinski definition) is 7. The van der Waals surface area contributed by atoms with Gasteiger partial charge in [-0.25, -0.2) is 9.78 Å². The van der Waals surface area contributed by atoms with Crippen molar-refractivity contribution in [3.8, 4) is 0 Å². The number of ether oxygens (including phenoxy) is 2. The topological polar surface area (TPSA) is 110 Å². The normalized spacial score (nSPS) is 18.2. The number of unbranched alkanes of at least 4 members (excludes halogenated alkanes) is 1. The van der Waals surface area contributed by atoms with Crippen LogP contribution in [0, 0.1) is 11.8 Å². The van der Waals surface area contributed by atoms with Gasteiger partial charge in [0, 0.05) is 52.0 Å². The lowest BCUT2D eigenvalue weighted by Gasteiger charge is -2.44. The second-order valence-electron chi connectivity index (χ2n) is 12.9. The molecule has 1 fully saturated rings. The number of aliphatic hydroxyl groups excluding tert-OH is 1. The second kappa shape index (κ2) is 14.3. The summed E-state index contributed by atoms with van der Waals surface area (Å²) in [5, 5.41) is 11.4. The van der Waals surface area contributed by atoms with Crippen molar-refractivity contribution in [1.29, 1.82) is 0 Å². The van der Waals surface area contributed by atoms with Crippen LogP contribution in [-0.2, 0) is 16.0 Å². The van der Waals surface area contributed by atoms with Gasteiger partial charge >= 0.3 is 6.09 Å². The highest BCUT2D eigenvalue weighted by Gasteiger charge is 2.41. The minimum absolute atomic E-state index is 0.166. The minimum Gasteiger partial charge on any atom is -0.444 e. The van der Waals surface area contributed by atoms with Crippen molar-refractivity contribution in [2.45, 2.75) is 78.2 Å². The number of amides is 2. The van der Waals surface area contributed by atoms with Crippen molar-refractivity contribution in [2.75, 3.05) is 33.4 Å². The fourth-order valence-corrected chi connectivity index (χ4v) is 5.73. The summed E-state index contributed by atoms with van der Waals surface area (Å²) in [4.78, 5) is 40.6. The Labute approximate surface area is 255 Å². The van der Waals surface area contributed by atoms with Gasteiger partial charge in [0.25, 0.3) is 5.91 Å². The Bertz CT molecular complexity index is 1350. The molecule has 3 aromatic rings. The van der Waals surface area contributed by atoms with Gasteiger partial charge in [-0.15, -0.1) is 0 Å². The Hall–Kier alpha value is -3.50. The summed E-state index contributed by atoms with van der Waals surface area (Å²) in [5.74, 6) is 0.0188. The zero-order chi connectivity index (χ0) is 31.1. The zero-order valence-electron chi connectivity index (χ0n) is 26.4. The van der Waals surface area contributed by atoms with E-state index in [0.717, 1.165) is 23.9 Å². The number of nitrogens with zero attached hydrogens (tertiary/aromatic N) is 5.